The average molecular weight is 373 g/mol. The van der Waals surface area contributed by atoms with Crippen molar-refractivity contribution in [2.24, 2.45) is 4.99 Å². The lowest BCUT2D eigenvalue weighted by molar-refractivity contribution is -0.112. The van der Waals surface area contributed by atoms with Gasteiger partial charge in [0.05, 0.1) is 12.8 Å². The molecule has 0 unspecified atom stereocenters. The Morgan fingerprint density at radius 1 is 1.37 bits per heavy atom. The normalized spacial score (nSPS) is 15.3. The van der Waals surface area contributed by atoms with Gasteiger partial charge in [0, 0.05) is 22.8 Å². The maximum Gasteiger partial charge on any atom is 0.256 e. The lowest BCUT2D eigenvalue weighted by Crippen LogP contribution is -2.29. The Morgan fingerprint density at radius 2 is 2.04 bits per heavy atom. The van der Waals surface area contributed by atoms with Crippen molar-refractivity contribution in [1.29, 1.82) is 0 Å². The van der Waals surface area contributed by atoms with Gasteiger partial charge < -0.3 is 15.4 Å². The zero-order chi connectivity index (χ0) is 20.2. The van der Waals surface area contributed by atoms with E-state index in [1.807, 2.05) is 20.8 Å². The van der Waals surface area contributed by atoms with Crippen molar-refractivity contribution in [2.75, 3.05) is 12.4 Å². The standard InChI is InChI=1S/C21H28FN3O2/c1-7-15(19(23-5)25-21(4)10-11-21)18(13(2)3)20(26)24-16-12-14(22)8-9-17(16)27-6/h8-9,12,25H,5,7,10-11H2,1-4,6H3,(H,24,26)/b19-15-. The fourth-order valence-corrected chi connectivity index (χ4v) is 2.90. The molecule has 1 fully saturated rings. The summed E-state index contributed by atoms with van der Waals surface area (Å²) in [6, 6.07) is 4.01. The minimum atomic E-state index is -0.451. The number of carbonyl (C=O) groups excluding carboxylic acids is 1. The first-order chi connectivity index (χ1) is 12.7. The second-order valence-electron chi connectivity index (χ2n) is 7.20. The molecule has 1 aliphatic carbocycles. The van der Waals surface area contributed by atoms with Crippen LogP contribution in [0, 0.1) is 5.82 Å². The van der Waals surface area contributed by atoms with E-state index >= 15 is 0 Å². The molecule has 27 heavy (non-hydrogen) atoms. The largest absolute Gasteiger partial charge is 0.495 e. The quantitative estimate of drug-likeness (QED) is 0.398. The molecule has 2 N–H and O–H groups in total. The van der Waals surface area contributed by atoms with E-state index in [4.69, 9.17) is 4.74 Å². The molecule has 0 aliphatic heterocycles. The minimum Gasteiger partial charge on any atom is -0.495 e. The predicted octanol–water partition coefficient (Wildman–Crippen LogP) is 4.57. The number of aliphatic imine (C=N–C) groups is 1. The topological polar surface area (TPSA) is 62.7 Å². The Labute approximate surface area is 160 Å². The van der Waals surface area contributed by atoms with Crippen LogP contribution in [0.1, 0.15) is 47.0 Å². The summed E-state index contributed by atoms with van der Waals surface area (Å²) >= 11 is 0. The zero-order valence-corrected chi connectivity index (χ0v) is 16.7. The van der Waals surface area contributed by atoms with Crippen LogP contribution >= 0.6 is 0 Å². The van der Waals surface area contributed by atoms with Gasteiger partial charge in [0.15, 0.2) is 0 Å². The highest BCUT2D eigenvalue weighted by molar-refractivity contribution is 6.08. The number of carbonyl (C=O) groups is 1. The molecular formula is C21H28FN3O2. The Hall–Kier alpha value is -2.63. The monoisotopic (exact) mass is 373 g/mol. The predicted molar refractivity (Wildman–Crippen MR) is 108 cm³/mol. The SMILES string of the molecule is C=N/C(NC1(C)CC1)=C(\CC)C(C(=O)Nc1cc(F)ccc1OC)=C(C)C. The van der Waals surface area contributed by atoms with E-state index in [0.29, 0.717) is 23.6 Å². The average Bonchev–Trinajstić information content (AvgIpc) is 3.34. The van der Waals surface area contributed by atoms with Crippen molar-refractivity contribution in [2.45, 2.75) is 52.5 Å². The van der Waals surface area contributed by atoms with Crippen molar-refractivity contribution in [1.82, 2.24) is 5.32 Å². The van der Waals surface area contributed by atoms with Crippen molar-refractivity contribution >= 4 is 18.3 Å². The second kappa shape index (κ2) is 8.37. The van der Waals surface area contributed by atoms with Gasteiger partial charge in [-0.2, -0.15) is 0 Å². The summed E-state index contributed by atoms with van der Waals surface area (Å²) in [5, 5.41) is 6.18. The molecule has 1 aromatic carbocycles. The summed E-state index contributed by atoms with van der Waals surface area (Å²) in [5.41, 5.74) is 2.43. The maximum absolute atomic E-state index is 13.6. The summed E-state index contributed by atoms with van der Waals surface area (Å²) in [5.74, 6) is 0.230. The lowest BCUT2D eigenvalue weighted by Gasteiger charge is -2.20. The number of benzene rings is 1. The molecule has 1 amide bonds. The molecule has 1 aliphatic rings. The van der Waals surface area contributed by atoms with E-state index in [1.54, 1.807) is 0 Å². The van der Waals surface area contributed by atoms with Gasteiger partial charge in [-0.3, -0.25) is 4.79 Å². The number of amides is 1. The molecule has 1 aromatic rings. The zero-order valence-electron chi connectivity index (χ0n) is 16.7. The molecule has 0 aromatic heterocycles. The summed E-state index contributed by atoms with van der Waals surface area (Å²) < 4.78 is 18.9. The van der Waals surface area contributed by atoms with Crippen LogP contribution in [-0.4, -0.2) is 25.3 Å². The molecule has 5 nitrogen and oxygen atoms in total. The van der Waals surface area contributed by atoms with Crippen molar-refractivity contribution in [3.8, 4) is 5.75 Å². The summed E-state index contributed by atoms with van der Waals surface area (Å²) in [4.78, 5) is 17.2. The summed E-state index contributed by atoms with van der Waals surface area (Å²) in [6.07, 6.45) is 2.71. The lowest BCUT2D eigenvalue weighted by atomic mass is 9.97. The number of hydrogen-bond acceptors (Lipinski definition) is 4. The molecule has 6 heteroatoms. The highest BCUT2D eigenvalue weighted by Gasteiger charge is 2.38. The van der Waals surface area contributed by atoms with Gasteiger partial charge in [-0.25, -0.2) is 9.38 Å². The minimum absolute atomic E-state index is 0.00591. The van der Waals surface area contributed by atoms with Crippen LogP contribution < -0.4 is 15.4 Å². The second-order valence-corrected chi connectivity index (χ2v) is 7.20. The van der Waals surface area contributed by atoms with Crippen LogP contribution in [0.15, 0.2) is 45.7 Å². The Kier molecular flexibility index (Phi) is 6.41. The van der Waals surface area contributed by atoms with E-state index < -0.39 is 5.82 Å². The molecule has 0 saturated heterocycles. The van der Waals surface area contributed by atoms with Crippen LogP contribution in [0.4, 0.5) is 10.1 Å². The van der Waals surface area contributed by atoms with Gasteiger partial charge in [0.1, 0.15) is 17.4 Å². The van der Waals surface area contributed by atoms with Crippen molar-refractivity contribution in [3.05, 3.63) is 46.6 Å². The van der Waals surface area contributed by atoms with E-state index in [-0.39, 0.29) is 17.1 Å². The molecule has 0 bridgehead atoms. The van der Waals surface area contributed by atoms with Crippen molar-refractivity contribution in [3.63, 3.8) is 0 Å². The third-order valence-corrected chi connectivity index (χ3v) is 4.66. The Morgan fingerprint density at radius 3 is 2.52 bits per heavy atom. The van der Waals surface area contributed by atoms with Crippen molar-refractivity contribution < 1.29 is 13.9 Å². The van der Waals surface area contributed by atoms with Crippen LogP contribution in [-0.2, 0) is 4.79 Å². The molecule has 146 valence electrons. The molecule has 1 saturated carbocycles. The van der Waals surface area contributed by atoms with Crippen LogP contribution in [0.2, 0.25) is 0 Å². The summed E-state index contributed by atoms with van der Waals surface area (Å²) in [7, 11) is 1.47. The molecule has 0 spiro atoms. The number of nitrogens with zero attached hydrogens (tertiary/aromatic N) is 1. The first kappa shape index (κ1) is 20.7. The first-order valence-electron chi connectivity index (χ1n) is 9.05. The number of ether oxygens (including phenoxy) is 1. The number of hydrogen-bond donors (Lipinski definition) is 2. The molecule has 0 heterocycles. The number of rotatable bonds is 8. The molecular weight excluding hydrogens is 345 g/mol. The number of methoxy groups -OCH3 is 1. The number of anilines is 1. The van der Waals surface area contributed by atoms with E-state index in [1.165, 1.54) is 25.3 Å². The van der Waals surface area contributed by atoms with Gasteiger partial charge in [-0.05, 0) is 58.9 Å². The number of nitrogens with one attached hydrogen (secondary N) is 2. The van der Waals surface area contributed by atoms with E-state index in [9.17, 15) is 9.18 Å². The first-order valence-corrected chi connectivity index (χ1v) is 9.05. The number of halogens is 1. The van der Waals surface area contributed by atoms with Gasteiger partial charge in [-0.1, -0.05) is 12.5 Å². The van der Waals surface area contributed by atoms with Gasteiger partial charge in [0.2, 0.25) is 0 Å². The molecule has 0 atom stereocenters. The summed E-state index contributed by atoms with van der Waals surface area (Å²) in [6.45, 7) is 11.5. The smallest absolute Gasteiger partial charge is 0.256 e. The van der Waals surface area contributed by atoms with Gasteiger partial charge in [-0.15, -0.1) is 0 Å². The van der Waals surface area contributed by atoms with Crippen LogP contribution in [0.3, 0.4) is 0 Å². The number of allylic oxidation sites excluding steroid dienone is 1. The highest BCUT2D eigenvalue weighted by atomic mass is 19.1. The molecule has 0 radical (unpaired) electrons. The Bertz CT molecular complexity index is 804. The third kappa shape index (κ3) is 4.96. The third-order valence-electron chi connectivity index (χ3n) is 4.66. The van der Waals surface area contributed by atoms with Gasteiger partial charge >= 0.3 is 0 Å². The van der Waals surface area contributed by atoms with Gasteiger partial charge in [0.25, 0.3) is 5.91 Å². The van der Waals surface area contributed by atoms with E-state index in [2.05, 4.69) is 29.3 Å². The van der Waals surface area contributed by atoms with Crippen LogP contribution in [0.25, 0.3) is 0 Å². The van der Waals surface area contributed by atoms with E-state index in [0.717, 1.165) is 24.0 Å². The Balaban J connectivity index is 2.41. The fourth-order valence-electron chi connectivity index (χ4n) is 2.90. The van der Waals surface area contributed by atoms with Crippen LogP contribution in [0.5, 0.6) is 5.75 Å². The highest BCUT2D eigenvalue weighted by Crippen LogP contribution is 2.37. The maximum atomic E-state index is 13.6. The molecule has 2 rings (SSSR count). The fraction of sp³-hybridized carbons (Fsp3) is 0.429.